The lowest BCUT2D eigenvalue weighted by Gasteiger charge is -2.23. The summed E-state index contributed by atoms with van der Waals surface area (Å²) in [5.74, 6) is 0.478. The zero-order valence-electron chi connectivity index (χ0n) is 11.8. The van der Waals surface area contributed by atoms with E-state index >= 15 is 0 Å². The van der Waals surface area contributed by atoms with Gasteiger partial charge in [-0.25, -0.2) is 8.42 Å². The minimum absolute atomic E-state index is 0.150. The Kier molecular flexibility index (Phi) is 4.76. The van der Waals surface area contributed by atoms with Crippen molar-refractivity contribution >= 4 is 31.6 Å². The highest BCUT2D eigenvalue weighted by Crippen LogP contribution is 2.35. The van der Waals surface area contributed by atoms with Gasteiger partial charge < -0.3 is 5.73 Å². The first-order valence-electron chi connectivity index (χ1n) is 6.89. The van der Waals surface area contributed by atoms with Crippen LogP contribution in [0, 0.1) is 5.92 Å². The van der Waals surface area contributed by atoms with Crippen molar-refractivity contribution in [1.82, 2.24) is 4.31 Å². The zero-order valence-corrected chi connectivity index (χ0v) is 14.2. The third-order valence-electron chi connectivity index (χ3n) is 3.44. The lowest BCUT2D eigenvalue weighted by atomic mass is 10.1. The van der Waals surface area contributed by atoms with Crippen molar-refractivity contribution in [3.63, 3.8) is 0 Å². The molecular weight excluding hydrogens is 340 g/mol. The number of hydrogen-bond donors (Lipinski definition) is 1. The van der Waals surface area contributed by atoms with Crippen LogP contribution in [0.5, 0.6) is 0 Å². The van der Waals surface area contributed by atoms with Crippen molar-refractivity contribution in [2.24, 2.45) is 5.92 Å². The summed E-state index contributed by atoms with van der Waals surface area (Å²) in [7, 11) is -3.51. The number of halogens is 1. The molecule has 6 heteroatoms. The molecule has 0 bridgehead atoms. The van der Waals surface area contributed by atoms with Crippen molar-refractivity contribution in [2.45, 2.75) is 44.0 Å². The molecule has 0 aliphatic heterocycles. The second-order valence-electron chi connectivity index (χ2n) is 5.71. The molecule has 4 nitrogen and oxygen atoms in total. The van der Waals surface area contributed by atoms with Gasteiger partial charge in [0.05, 0.1) is 5.69 Å². The lowest BCUT2D eigenvalue weighted by Crippen LogP contribution is -2.35. The van der Waals surface area contributed by atoms with Crippen LogP contribution in [0.1, 0.15) is 33.1 Å². The van der Waals surface area contributed by atoms with Gasteiger partial charge in [0.15, 0.2) is 0 Å². The van der Waals surface area contributed by atoms with Gasteiger partial charge in [0.2, 0.25) is 10.0 Å². The van der Waals surface area contributed by atoms with Gasteiger partial charge >= 0.3 is 0 Å². The summed E-state index contributed by atoms with van der Waals surface area (Å²) in [6.45, 7) is 4.77. The van der Waals surface area contributed by atoms with Crippen LogP contribution in [0.3, 0.4) is 0 Å². The Morgan fingerprint density at radius 1 is 1.40 bits per heavy atom. The van der Waals surface area contributed by atoms with E-state index in [0.717, 1.165) is 23.7 Å². The van der Waals surface area contributed by atoms with Crippen LogP contribution >= 0.6 is 15.9 Å². The second-order valence-corrected chi connectivity index (χ2v) is 8.49. The van der Waals surface area contributed by atoms with E-state index < -0.39 is 10.0 Å². The number of nitrogen functional groups attached to an aromatic ring is 1. The van der Waals surface area contributed by atoms with Crippen LogP contribution in [0.2, 0.25) is 0 Å². The molecule has 0 saturated heterocycles. The summed E-state index contributed by atoms with van der Waals surface area (Å²) in [5, 5.41) is 0. The van der Waals surface area contributed by atoms with E-state index in [1.54, 1.807) is 22.5 Å². The van der Waals surface area contributed by atoms with Crippen molar-refractivity contribution in [1.29, 1.82) is 0 Å². The normalized spacial score (nSPS) is 16.1. The number of hydrogen-bond acceptors (Lipinski definition) is 3. The SMILES string of the molecule is CC(C)CCN(C1CC1)S(=O)(=O)c1cc(Br)ccc1N. The average Bonchev–Trinajstić information content (AvgIpc) is 3.16. The molecule has 1 aliphatic rings. The van der Waals surface area contributed by atoms with Crippen LogP contribution in [0.15, 0.2) is 27.6 Å². The number of nitrogens with two attached hydrogens (primary N) is 1. The molecule has 1 aliphatic carbocycles. The monoisotopic (exact) mass is 360 g/mol. The van der Waals surface area contributed by atoms with Crippen LogP contribution in [0.4, 0.5) is 5.69 Å². The highest BCUT2D eigenvalue weighted by Gasteiger charge is 2.38. The van der Waals surface area contributed by atoms with E-state index in [1.165, 1.54) is 0 Å². The molecule has 2 N–H and O–H groups in total. The predicted octanol–water partition coefficient (Wildman–Crippen LogP) is 3.23. The van der Waals surface area contributed by atoms with E-state index in [0.29, 0.717) is 18.2 Å². The van der Waals surface area contributed by atoms with E-state index in [4.69, 9.17) is 5.73 Å². The largest absolute Gasteiger partial charge is 0.398 e. The molecule has 20 heavy (non-hydrogen) atoms. The van der Waals surface area contributed by atoms with Crippen molar-refractivity contribution in [2.75, 3.05) is 12.3 Å². The van der Waals surface area contributed by atoms with Gasteiger partial charge in [-0.1, -0.05) is 29.8 Å². The molecule has 0 unspecified atom stereocenters. The standard InChI is InChI=1S/C14H21BrN2O2S/c1-10(2)7-8-17(12-4-5-12)20(18,19)14-9-11(15)3-6-13(14)16/h3,6,9-10,12H,4-5,7-8,16H2,1-2H3. The maximum Gasteiger partial charge on any atom is 0.245 e. The van der Waals surface area contributed by atoms with E-state index in [1.807, 2.05) is 0 Å². The molecule has 0 aromatic heterocycles. The molecule has 1 fully saturated rings. The fourth-order valence-corrected chi connectivity index (χ4v) is 4.46. The minimum atomic E-state index is -3.51. The Balaban J connectivity index is 2.32. The fraction of sp³-hybridized carbons (Fsp3) is 0.571. The summed E-state index contributed by atoms with van der Waals surface area (Å²) in [5.41, 5.74) is 6.17. The molecule has 0 atom stereocenters. The summed E-state index contributed by atoms with van der Waals surface area (Å²) >= 11 is 3.31. The molecule has 1 aromatic carbocycles. The third kappa shape index (κ3) is 3.54. The van der Waals surface area contributed by atoms with Gasteiger partial charge in [-0.15, -0.1) is 0 Å². The zero-order chi connectivity index (χ0) is 14.9. The smallest absolute Gasteiger partial charge is 0.245 e. The molecule has 0 spiro atoms. The van der Waals surface area contributed by atoms with Gasteiger partial charge in [-0.05, 0) is 43.4 Å². The predicted molar refractivity (Wildman–Crippen MR) is 84.9 cm³/mol. The first kappa shape index (κ1) is 15.8. The van der Waals surface area contributed by atoms with Gasteiger partial charge in [0.25, 0.3) is 0 Å². The highest BCUT2D eigenvalue weighted by atomic mass is 79.9. The topological polar surface area (TPSA) is 63.4 Å². The summed E-state index contributed by atoms with van der Waals surface area (Å²) in [6.07, 6.45) is 2.76. The van der Waals surface area contributed by atoms with E-state index in [2.05, 4.69) is 29.8 Å². The van der Waals surface area contributed by atoms with Crippen molar-refractivity contribution in [3.8, 4) is 0 Å². The Morgan fingerprint density at radius 3 is 2.60 bits per heavy atom. The Morgan fingerprint density at radius 2 is 2.05 bits per heavy atom. The van der Waals surface area contributed by atoms with Gasteiger partial charge in [-0.2, -0.15) is 4.31 Å². The van der Waals surface area contributed by atoms with Crippen LogP contribution < -0.4 is 5.73 Å². The van der Waals surface area contributed by atoms with Crippen LogP contribution in [-0.2, 0) is 10.0 Å². The maximum absolute atomic E-state index is 12.8. The maximum atomic E-state index is 12.8. The summed E-state index contributed by atoms with van der Waals surface area (Å²) in [6, 6.07) is 5.13. The minimum Gasteiger partial charge on any atom is -0.398 e. The molecule has 112 valence electrons. The van der Waals surface area contributed by atoms with Gasteiger partial charge in [0, 0.05) is 17.1 Å². The Labute approximate surface area is 129 Å². The van der Waals surface area contributed by atoms with Crippen molar-refractivity contribution < 1.29 is 8.42 Å². The van der Waals surface area contributed by atoms with E-state index in [-0.39, 0.29) is 10.9 Å². The number of nitrogens with zero attached hydrogens (tertiary/aromatic N) is 1. The summed E-state index contributed by atoms with van der Waals surface area (Å²) < 4.78 is 28.0. The fourth-order valence-electron chi connectivity index (χ4n) is 2.10. The van der Waals surface area contributed by atoms with Crippen LogP contribution in [0.25, 0.3) is 0 Å². The highest BCUT2D eigenvalue weighted by molar-refractivity contribution is 9.10. The Bertz CT molecular complexity index is 583. The molecule has 2 rings (SSSR count). The van der Waals surface area contributed by atoms with Gasteiger partial charge in [0.1, 0.15) is 4.90 Å². The molecule has 1 aromatic rings. The molecular formula is C14H21BrN2O2S. The molecule has 0 heterocycles. The number of anilines is 1. The summed E-state index contributed by atoms with van der Waals surface area (Å²) in [4.78, 5) is 0.211. The molecule has 0 amide bonds. The second kappa shape index (κ2) is 6.03. The van der Waals surface area contributed by atoms with Crippen LogP contribution in [-0.4, -0.2) is 25.3 Å². The lowest BCUT2D eigenvalue weighted by molar-refractivity contribution is 0.373. The first-order chi connectivity index (χ1) is 9.32. The number of benzene rings is 1. The van der Waals surface area contributed by atoms with E-state index in [9.17, 15) is 8.42 Å². The van der Waals surface area contributed by atoms with Gasteiger partial charge in [-0.3, -0.25) is 0 Å². The number of rotatable bonds is 6. The third-order valence-corrected chi connectivity index (χ3v) is 5.94. The molecule has 0 radical (unpaired) electrons. The molecule has 1 saturated carbocycles. The number of sulfonamides is 1. The van der Waals surface area contributed by atoms with Crippen molar-refractivity contribution in [3.05, 3.63) is 22.7 Å². The quantitative estimate of drug-likeness (QED) is 0.792. The first-order valence-corrected chi connectivity index (χ1v) is 9.12. The average molecular weight is 361 g/mol. The Hall–Kier alpha value is -0.590.